The van der Waals surface area contributed by atoms with E-state index in [0.29, 0.717) is 131 Å². The van der Waals surface area contributed by atoms with Gasteiger partial charge in [0.15, 0.2) is 17.3 Å². The highest BCUT2D eigenvalue weighted by Gasteiger charge is 2.62. The Morgan fingerprint density at radius 1 is 0.459 bits per heavy atom. The van der Waals surface area contributed by atoms with E-state index in [1.54, 1.807) is 20.8 Å². The number of carbonyl (C=O) groups is 12. The second-order valence-electron chi connectivity index (χ2n) is 33.8. The number of ketones is 12. The van der Waals surface area contributed by atoms with Gasteiger partial charge in [-0.3, -0.25) is 57.5 Å². The minimum atomic E-state index is -0.872. The van der Waals surface area contributed by atoms with Crippen molar-refractivity contribution in [1.82, 2.24) is 0 Å². The molecule has 8 saturated carbocycles. The van der Waals surface area contributed by atoms with Crippen molar-refractivity contribution in [3.8, 4) is 0 Å². The number of rotatable bonds is 6. The molecule has 0 aromatic heterocycles. The molecule has 12 rings (SSSR count). The molecule has 0 spiro atoms. The Morgan fingerprint density at radius 2 is 0.827 bits per heavy atom. The summed E-state index contributed by atoms with van der Waals surface area (Å²) in [6.45, 7) is 35.8. The molecule has 544 valence electrons. The van der Waals surface area contributed by atoms with Crippen LogP contribution < -0.4 is 0 Å². The van der Waals surface area contributed by atoms with E-state index in [9.17, 15) is 67.7 Å². The minimum Gasteiger partial charge on any atom is -0.392 e. The summed E-state index contributed by atoms with van der Waals surface area (Å²) in [7, 11) is 0. The second kappa shape index (κ2) is 32.3. The molecule has 0 radical (unpaired) electrons. The Hall–Kier alpha value is -5.34. The van der Waals surface area contributed by atoms with Crippen molar-refractivity contribution in [3.63, 3.8) is 0 Å². The van der Waals surface area contributed by atoms with Gasteiger partial charge in [-0.15, -0.1) is 0 Å². The third-order valence-electron chi connectivity index (χ3n) is 27.3. The molecule has 14 heteroatoms. The maximum Gasteiger partial charge on any atom is 0.158 e. The van der Waals surface area contributed by atoms with E-state index in [2.05, 4.69) is 74.1 Å². The molecule has 0 saturated heterocycles. The summed E-state index contributed by atoms with van der Waals surface area (Å²) in [5, 5.41) is 21.1. The van der Waals surface area contributed by atoms with Crippen LogP contribution in [0.25, 0.3) is 0 Å². The number of hydrogen-bond donors (Lipinski definition) is 2. The number of allylic oxidation sites excluding steroid dienone is 7. The van der Waals surface area contributed by atoms with Crippen LogP contribution in [0.5, 0.6) is 0 Å². The van der Waals surface area contributed by atoms with Crippen molar-refractivity contribution < 1.29 is 67.7 Å². The standard InChI is InChI=1S/2C18H28O2.C12H18O3.2C12H16O2.C7H10O2.C5H8O/c2*1-16(2)12-8-10-18(4)13(6-5-7-15(18)20)17(12,3)11-9-14(16)19;1-3-9(13)7-8-12(2)10(14)5-4-6-11(12)15;2*1-8-9-4-3-5-11(14)12(9,2)7-6-10(8)13;1-5-6(8)3-2-4-7(5)9;1-3-5(6)4-2/h2*6,12,15,20H,5,7-11H2,1-4H3;3-8H2,1-2H3;2*3-7H2,1-2H3;5H,2-4H2,1H3;3H,1,4H2,2H3/t12-,15+,17-,18+;12-,15-,17+,18-;;2*12-;;/m00.10../s1. The minimum absolute atomic E-state index is 0.0163. The average Bonchev–Trinajstić information content (AvgIpc) is 0.715. The summed E-state index contributed by atoms with van der Waals surface area (Å²) in [6, 6.07) is 0. The van der Waals surface area contributed by atoms with Crippen LogP contribution in [0.4, 0.5) is 0 Å². The van der Waals surface area contributed by atoms with E-state index >= 15 is 0 Å². The second-order valence-corrected chi connectivity index (χ2v) is 33.8. The fraction of sp³-hybridized carbons (Fsp3) is 0.738. The van der Waals surface area contributed by atoms with Gasteiger partial charge in [0.05, 0.1) is 23.5 Å². The molecule has 8 fully saturated rings. The molecule has 0 aliphatic heterocycles. The third-order valence-corrected chi connectivity index (χ3v) is 27.3. The highest BCUT2D eigenvalue weighted by Crippen LogP contribution is 2.67. The van der Waals surface area contributed by atoms with Gasteiger partial charge in [0.2, 0.25) is 0 Å². The molecule has 98 heavy (non-hydrogen) atoms. The van der Waals surface area contributed by atoms with Crippen LogP contribution in [0, 0.1) is 66.5 Å². The highest BCUT2D eigenvalue weighted by atomic mass is 16.3. The maximum atomic E-state index is 12.3. The van der Waals surface area contributed by atoms with Crippen LogP contribution in [0.15, 0.2) is 58.2 Å². The van der Waals surface area contributed by atoms with E-state index in [-0.39, 0.29) is 108 Å². The summed E-state index contributed by atoms with van der Waals surface area (Å²) in [6.07, 6.45) is 30.1. The van der Waals surface area contributed by atoms with Crippen molar-refractivity contribution in [1.29, 1.82) is 0 Å². The lowest BCUT2D eigenvalue weighted by molar-refractivity contribution is -0.144. The van der Waals surface area contributed by atoms with E-state index < -0.39 is 5.41 Å². The van der Waals surface area contributed by atoms with Gasteiger partial charge in [0.25, 0.3) is 0 Å². The molecular weight excluding hydrogens is 1230 g/mol. The Morgan fingerprint density at radius 3 is 1.17 bits per heavy atom. The molecular formula is C84H124O14. The normalized spacial score (nSPS) is 34.5. The van der Waals surface area contributed by atoms with Crippen molar-refractivity contribution in [2.45, 2.75) is 328 Å². The summed E-state index contributed by atoms with van der Waals surface area (Å²) < 4.78 is 0. The van der Waals surface area contributed by atoms with Gasteiger partial charge in [-0.2, -0.15) is 0 Å². The highest BCUT2D eigenvalue weighted by molar-refractivity contribution is 6.09. The first kappa shape index (κ1) is 81.6. The Balaban J connectivity index is 0.000000185. The van der Waals surface area contributed by atoms with E-state index in [1.165, 1.54) is 17.2 Å². The SMILES string of the molecule is C=CC(=O)CC.CC1(C)C(=O)CC[C@@]2(C)C3=CCC[C@H](O)[C@@]3(C)CC[C@@H]12.CC1(C)C(=O)CC[C@]2(C)C3=CCC[C@@H](O)[C@]3(C)CC[C@@H]12.CC1=C2CCCC(=O)[C@@]2(C)CCC1=O.CC1=C2CCCC(=O)[C@]2(C)CCC1=O.CC1C(=O)CCCC1=O.CCC(=O)CCC1(C)C(=O)CCCC1=O. The Bertz CT molecular complexity index is 3100. The van der Waals surface area contributed by atoms with Gasteiger partial charge in [-0.25, -0.2) is 0 Å². The van der Waals surface area contributed by atoms with E-state index in [1.807, 2.05) is 34.6 Å². The average molecular weight is 1360 g/mol. The van der Waals surface area contributed by atoms with Crippen LogP contribution in [-0.4, -0.2) is 91.8 Å². The molecule has 12 aliphatic carbocycles. The van der Waals surface area contributed by atoms with Crippen molar-refractivity contribution in [2.75, 3.05) is 0 Å². The number of carbonyl (C=O) groups excluding carboxylic acids is 12. The third kappa shape index (κ3) is 16.4. The number of Topliss-reactive ketones (excluding diaryl/α,β-unsaturated/α-hetero) is 11. The van der Waals surface area contributed by atoms with E-state index in [4.69, 9.17) is 0 Å². The lowest BCUT2D eigenvalue weighted by atomic mass is 9.43. The number of fused-ring (bicyclic) bond motifs is 8. The van der Waals surface area contributed by atoms with Crippen LogP contribution in [0.1, 0.15) is 316 Å². The van der Waals surface area contributed by atoms with Crippen LogP contribution in [-0.2, 0) is 57.5 Å². The Kier molecular flexibility index (Phi) is 26.9. The predicted octanol–water partition coefficient (Wildman–Crippen LogP) is 16.8. The van der Waals surface area contributed by atoms with Gasteiger partial charge in [-0.1, -0.05) is 110 Å². The van der Waals surface area contributed by atoms with Gasteiger partial charge in [-0.05, 0) is 203 Å². The van der Waals surface area contributed by atoms with Gasteiger partial charge in [0.1, 0.15) is 52.0 Å². The number of hydrogen-bond acceptors (Lipinski definition) is 14. The largest absolute Gasteiger partial charge is 0.392 e. The first-order valence-electron chi connectivity index (χ1n) is 37.8. The van der Waals surface area contributed by atoms with Crippen LogP contribution >= 0.6 is 0 Å². The first-order valence-corrected chi connectivity index (χ1v) is 37.8. The fourth-order valence-corrected chi connectivity index (χ4v) is 19.9. The molecule has 0 amide bonds. The zero-order chi connectivity index (χ0) is 73.5. The molecule has 14 nitrogen and oxygen atoms in total. The van der Waals surface area contributed by atoms with Crippen LogP contribution in [0.3, 0.4) is 0 Å². The topological polar surface area (TPSA) is 245 Å². The lowest BCUT2D eigenvalue weighted by Crippen LogP contribution is -2.56. The summed E-state index contributed by atoms with van der Waals surface area (Å²) in [5.41, 5.74) is 5.12. The van der Waals surface area contributed by atoms with Crippen molar-refractivity contribution >= 4 is 69.4 Å². The zero-order valence-electron chi connectivity index (χ0n) is 63.2. The van der Waals surface area contributed by atoms with Gasteiger partial charge < -0.3 is 10.2 Å². The number of aliphatic hydroxyl groups excluding tert-OH is 2. The van der Waals surface area contributed by atoms with Crippen LogP contribution in [0.2, 0.25) is 0 Å². The monoisotopic (exact) mass is 1360 g/mol. The molecule has 10 atom stereocenters. The quantitative estimate of drug-likeness (QED) is 0.143. The Labute approximate surface area is 587 Å². The molecule has 0 bridgehead atoms. The fourth-order valence-electron chi connectivity index (χ4n) is 19.9. The van der Waals surface area contributed by atoms with Crippen molar-refractivity contribution in [3.05, 3.63) is 58.2 Å². The summed E-state index contributed by atoms with van der Waals surface area (Å²) >= 11 is 0. The molecule has 2 N–H and O–H groups in total. The van der Waals surface area contributed by atoms with Gasteiger partial charge >= 0.3 is 0 Å². The first-order chi connectivity index (χ1) is 45.6. The smallest absolute Gasteiger partial charge is 0.158 e. The number of aliphatic hydroxyl groups is 2. The molecule has 0 unspecified atom stereocenters. The summed E-state index contributed by atoms with van der Waals surface area (Å²) in [5.74, 6) is 3.08. The molecule has 0 aromatic carbocycles. The molecule has 12 aliphatic rings. The lowest BCUT2D eigenvalue weighted by Gasteiger charge is -2.60. The van der Waals surface area contributed by atoms with E-state index in [0.717, 1.165) is 131 Å². The molecule has 0 aromatic rings. The van der Waals surface area contributed by atoms with Crippen molar-refractivity contribution in [2.24, 2.45) is 66.5 Å². The van der Waals surface area contributed by atoms with Gasteiger partial charge in [0, 0.05) is 116 Å². The zero-order valence-corrected chi connectivity index (χ0v) is 63.2. The maximum absolute atomic E-state index is 12.3. The summed E-state index contributed by atoms with van der Waals surface area (Å²) in [4.78, 5) is 138. The molecule has 0 heterocycles. The predicted molar refractivity (Wildman–Crippen MR) is 383 cm³/mol.